The maximum Gasteiger partial charge on any atom is 0.261 e. The Morgan fingerprint density at radius 1 is 0.576 bits per heavy atom. The van der Waals surface area contributed by atoms with Gasteiger partial charge in [0.2, 0.25) is 0 Å². The van der Waals surface area contributed by atoms with E-state index in [0.717, 1.165) is 11.0 Å². The zero-order chi connectivity index (χ0) is 23.8. The summed E-state index contributed by atoms with van der Waals surface area (Å²) < 4.78 is 30.0. The molecule has 7 heteroatoms. The molecular weight excluding hydrogens is 547 g/mol. The Bertz CT molecular complexity index is 700. The Labute approximate surface area is 214 Å². The van der Waals surface area contributed by atoms with Crippen molar-refractivity contribution in [1.29, 1.82) is 0 Å². The minimum atomic E-state index is -2.49. The third-order valence-electron chi connectivity index (χ3n) is 5.30. The van der Waals surface area contributed by atoms with Crippen LogP contribution in [0, 0.1) is 0 Å². The van der Waals surface area contributed by atoms with Gasteiger partial charge in [-0.15, -0.1) is 0 Å². The van der Waals surface area contributed by atoms with Crippen molar-refractivity contribution in [3.63, 3.8) is 0 Å². The lowest BCUT2D eigenvalue weighted by Gasteiger charge is -2.43. The van der Waals surface area contributed by atoms with Gasteiger partial charge in [-0.05, 0) is 15.4 Å². The van der Waals surface area contributed by atoms with Gasteiger partial charge in [0.25, 0.3) is 8.32 Å². The second-order valence-corrected chi connectivity index (χ2v) is 14.0. The topological polar surface area (TPSA) is 46.2 Å². The van der Waals surface area contributed by atoms with E-state index in [2.05, 4.69) is 104 Å². The van der Waals surface area contributed by atoms with E-state index in [1.165, 1.54) is 10.4 Å². The van der Waals surface area contributed by atoms with E-state index in [1.807, 2.05) is 0 Å². The van der Waals surface area contributed by atoms with Crippen LogP contribution in [-0.2, 0) is 23.4 Å². The Morgan fingerprint density at radius 3 is 1.30 bits per heavy atom. The summed E-state index contributed by atoms with van der Waals surface area (Å²) in [6, 6.07) is 21.3. The van der Waals surface area contributed by atoms with Crippen LogP contribution in [0.4, 0.5) is 0 Å². The van der Waals surface area contributed by atoms with Crippen molar-refractivity contribution in [1.82, 2.24) is 0 Å². The lowest BCUT2D eigenvalue weighted by Crippen LogP contribution is -2.66. The second kappa shape index (κ2) is 16.0. The summed E-state index contributed by atoms with van der Waals surface area (Å²) in [4.78, 5) is 0. The second-order valence-electron chi connectivity index (χ2n) is 8.65. The predicted molar refractivity (Wildman–Crippen MR) is 146 cm³/mol. The first kappa shape index (κ1) is 28.4. The first-order valence-electron chi connectivity index (χ1n) is 11.6. The molecule has 2 aromatic carbocycles. The standard InChI is InChI=1S/C26H39IO5Si/c1-26(2,3)33(24-10-6-4-7-11-24,25-12-8-5-9-13-25)32-23-22-31-21-20-30-19-18-29-17-16-28-15-14-27/h4-13H,14-23H2,1-3H3. The van der Waals surface area contributed by atoms with Gasteiger partial charge in [-0.3, -0.25) is 0 Å². The zero-order valence-corrected chi connectivity index (χ0v) is 23.4. The van der Waals surface area contributed by atoms with Crippen molar-refractivity contribution in [2.45, 2.75) is 25.8 Å². The summed E-state index contributed by atoms with van der Waals surface area (Å²) in [5, 5.41) is 2.54. The summed E-state index contributed by atoms with van der Waals surface area (Å²) in [7, 11) is -2.49. The average molecular weight is 587 g/mol. The number of alkyl halides is 1. The van der Waals surface area contributed by atoms with Crippen molar-refractivity contribution in [2.75, 3.05) is 63.9 Å². The van der Waals surface area contributed by atoms with Crippen molar-refractivity contribution in [3.8, 4) is 0 Å². The van der Waals surface area contributed by atoms with E-state index < -0.39 is 8.32 Å². The van der Waals surface area contributed by atoms with Crippen LogP contribution in [-0.4, -0.2) is 72.2 Å². The van der Waals surface area contributed by atoms with Gasteiger partial charge in [0, 0.05) is 4.43 Å². The zero-order valence-electron chi connectivity index (χ0n) is 20.3. The molecule has 0 amide bonds. The highest BCUT2D eigenvalue weighted by atomic mass is 127. The van der Waals surface area contributed by atoms with E-state index in [1.54, 1.807) is 0 Å². The molecule has 0 heterocycles. The van der Waals surface area contributed by atoms with Crippen LogP contribution in [0.2, 0.25) is 5.04 Å². The van der Waals surface area contributed by atoms with Crippen molar-refractivity contribution in [3.05, 3.63) is 60.7 Å². The molecule has 2 aromatic rings. The lowest BCUT2D eigenvalue weighted by atomic mass is 10.2. The molecule has 2 rings (SSSR count). The number of hydrogen-bond acceptors (Lipinski definition) is 5. The first-order chi connectivity index (χ1) is 16.0. The maximum absolute atomic E-state index is 6.81. The van der Waals surface area contributed by atoms with Crippen LogP contribution >= 0.6 is 22.6 Å². The molecule has 0 aliphatic carbocycles. The fourth-order valence-corrected chi connectivity index (χ4v) is 8.69. The molecule has 184 valence electrons. The normalized spacial score (nSPS) is 12.2. The highest BCUT2D eigenvalue weighted by molar-refractivity contribution is 14.1. The molecule has 0 aliphatic heterocycles. The Hall–Kier alpha value is -0.813. The maximum atomic E-state index is 6.81. The largest absolute Gasteiger partial charge is 0.405 e. The van der Waals surface area contributed by atoms with E-state index >= 15 is 0 Å². The van der Waals surface area contributed by atoms with Gasteiger partial charge in [-0.25, -0.2) is 0 Å². The minimum Gasteiger partial charge on any atom is -0.405 e. The van der Waals surface area contributed by atoms with Gasteiger partial charge >= 0.3 is 0 Å². The molecule has 5 nitrogen and oxygen atoms in total. The van der Waals surface area contributed by atoms with Crippen LogP contribution in [0.15, 0.2) is 60.7 Å². The Balaban J connectivity index is 1.77. The SMILES string of the molecule is CC(C)(C)[Si](OCCOCCOCCOCCOCCI)(c1ccccc1)c1ccccc1. The molecule has 33 heavy (non-hydrogen) atoms. The van der Waals surface area contributed by atoms with Gasteiger partial charge in [0.1, 0.15) is 0 Å². The van der Waals surface area contributed by atoms with Crippen LogP contribution in [0.25, 0.3) is 0 Å². The number of rotatable bonds is 17. The van der Waals surface area contributed by atoms with Gasteiger partial charge in [0.05, 0.1) is 59.5 Å². The molecule has 0 radical (unpaired) electrons. The van der Waals surface area contributed by atoms with Crippen molar-refractivity contribution < 1.29 is 23.4 Å². The first-order valence-corrected chi connectivity index (χ1v) is 15.1. The average Bonchev–Trinajstić information content (AvgIpc) is 2.82. The third-order valence-corrected chi connectivity index (χ3v) is 10.8. The van der Waals surface area contributed by atoms with Gasteiger partial charge < -0.3 is 23.4 Å². The van der Waals surface area contributed by atoms with E-state index in [9.17, 15) is 0 Å². The Morgan fingerprint density at radius 2 is 0.939 bits per heavy atom. The summed E-state index contributed by atoms with van der Waals surface area (Å²) in [5.74, 6) is 0. The quantitative estimate of drug-likeness (QED) is 0.121. The van der Waals surface area contributed by atoms with Crippen LogP contribution < -0.4 is 10.4 Å². The molecule has 0 saturated carbocycles. The summed E-state index contributed by atoms with van der Waals surface area (Å²) >= 11 is 2.29. The molecule has 0 fully saturated rings. The molecule has 0 bridgehead atoms. The monoisotopic (exact) mass is 586 g/mol. The highest BCUT2D eigenvalue weighted by Gasteiger charge is 2.49. The lowest BCUT2D eigenvalue weighted by molar-refractivity contribution is -0.00342. The van der Waals surface area contributed by atoms with Gasteiger partial charge in [-0.1, -0.05) is 104 Å². The van der Waals surface area contributed by atoms with Crippen LogP contribution in [0.3, 0.4) is 0 Å². The summed E-state index contributed by atoms with van der Waals surface area (Å²) in [6.45, 7) is 12.2. The number of ether oxygens (including phenoxy) is 4. The Kier molecular flexibility index (Phi) is 13.8. The smallest absolute Gasteiger partial charge is 0.261 e. The molecule has 0 N–H and O–H groups in total. The molecule has 0 aromatic heterocycles. The van der Waals surface area contributed by atoms with Crippen LogP contribution in [0.5, 0.6) is 0 Å². The predicted octanol–water partition coefficient (Wildman–Crippen LogP) is 4.06. The van der Waals surface area contributed by atoms with E-state index in [0.29, 0.717) is 52.9 Å². The number of halogens is 1. The molecule has 0 aliphatic rings. The molecule has 0 atom stereocenters. The minimum absolute atomic E-state index is 0.0278. The number of benzene rings is 2. The van der Waals surface area contributed by atoms with Crippen molar-refractivity contribution >= 4 is 41.3 Å². The van der Waals surface area contributed by atoms with E-state index in [-0.39, 0.29) is 5.04 Å². The summed E-state index contributed by atoms with van der Waals surface area (Å²) in [5.41, 5.74) is 0. The number of hydrogen-bond donors (Lipinski definition) is 0. The highest BCUT2D eigenvalue weighted by Crippen LogP contribution is 2.36. The molecule has 0 saturated heterocycles. The van der Waals surface area contributed by atoms with E-state index in [4.69, 9.17) is 23.4 Å². The molecular formula is C26H39IO5Si. The molecule has 0 spiro atoms. The molecule has 0 unspecified atom stereocenters. The summed E-state index contributed by atoms with van der Waals surface area (Å²) in [6.07, 6.45) is 0. The van der Waals surface area contributed by atoms with Crippen LogP contribution in [0.1, 0.15) is 20.8 Å². The third kappa shape index (κ3) is 9.39. The fourth-order valence-electron chi connectivity index (χ4n) is 3.83. The van der Waals surface area contributed by atoms with Gasteiger partial charge in [0.15, 0.2) is 0 Å². The fraction of sp³-hybridized carbons (Fsp3) is 0.538. The van der Waals surface area contributed by atoms with Gasteiger partial charge in [-0.2, -0.15) is 0 Å². The van der Waals surface area contributed by atoms with Crippen molar-refractivity contribution in [2.24, 2.45) is 0 Å².